The van der Waals surface area contributed by atoms with Crippen LogP contribution in [0.2, 0.25) is 0 Å². The Morgan fingerprint density at radius 1 is 1.32 bits per heavy atom. The van der Waals surface area contributed by atoms with Crippen molar-refractivity contribution in [2.24, 2.45) is 5.92 Å². The molecule has 6 heteroatoms. The van der Waals surface area contributed by atoms with Crippen LogP contribution in [0.4, 0.5) is 5.69 Å². The molecule has 2 aromatic heterocycles. The van der Waals surface area contributed by atoms with Crippen LogP contribution >= 0.6 is 23.1 Å². The maximum atomic E-state index is 12.2. The second-order valence-corrected chi connectivity index (χ2v) is 8.46. The standard InChI is InChI=1S/C19H19N3OS2/c1-12-7-8-14-15(9-12)25-19-17(14)18(20-11-21-19)24-10-16(23)22-13-5-3-2-4-6-13/h2-6,11-12H,7-10H2,1H3,(H,22,23)/t12-/m0/s1. The number of rotatable bonds is 4. The van der Waals surface area contributed by atoms with Gasteiger partial charge in [-0.25, -0.2) is 9.97 Å². The van der Waals surface area contributed by atoms with Gasteiger partial charge in [0.15, 0.2) is 0 Å². The van der Waals surface area contributed by atoms with E-state index in [2.05, 4.69) is 22.2 Å². The maximum absolute atomic E-state index is 12.2. The highest BCUT2D eigenvalue weighted by atomic mass is 32.2. The summed E-state index contributed by atoms with van der Waals surface area (Å²) in [4.78, 5) is 23.6. The van der Waals surface area contributed by atoms with Crippen LogP contribution in [-0.4, -0.2) is 21.6 Å². The molecule has 4 nitrogen and oxygen atoms in total. The second kappa shape index (κ2) is 7.14. The molecular formula is C19H19N3OS2. The largest absolute Gasteiger partial charge is 0.325 e. The number of aryl methyl sites for hydroxylation is 1. The molecule has 1 aromatic carbocycles. The minimum atomic E-state index is -0.0133. The summed E-state index contributed by atoms with van der Waals surface area (Å²) in [5.74, 6) is 1.07. The van der Waals surface area contributed by atoms with Crippen LogP contribution in [0.1, 0.15) is 23.8 Å². The zero-order valence-corrected chi connectivity index (χ0v) is 15.6. The minimum absolute atomic E-state index is 0.0133. The molecule has 128 valence electrons. The van der Waals surface area contributed by atoms with Crippen molar-refractivity contribution in [2.75, 3.05) is 11.1 Å². The molecule has 25 heavy (non-hydrogen) atoms. The molecule has 0 saturated carbocycles. The number of hydrogen-bond donors (Lipinski definition) is 1. The molecule has 1 aliphatic carbocycles. The van der Waals surface area contributed by atoms with Crippen molar-refractivity contribution in [1.29, 1.82) is 0 Å². The molecular weight excluding hydrogens is 350 g/mol. The summed E-state index contributed by atoms with van der Waals surface area (Å²) >= 11 is 3.29. The Hall–Kier alpha value is -1.92. The van der Waals surface area contributed by atoms with E-state index in [1.54, 1.807) is 17.7 Å². The molecule has 0 unspecified atom stereocenters. The Balaban J connectivity index is 1.53. The van der Waals surface area contributed by atoms with Gasteiger partial charge in [0.05, 0.1) is 5.75 Å². The first kappa shape index (κ1) is 16.5. The van der Waals surface area contributed by atoms with Crippen LogP contribution in [0.25, 0.3) is 10.2 Å². The van der Waals surface area contributed by atoms with Gasteiger partial charge in [-0.1, -0.05) is 36.9 Å². The fourth-order valence-electron chi connectivity index (χ4n) is 3.21. The predicted octanol–water partition coefficient (Wildman–Crippen LogP) is 4.55. The number of thioether (sulfide) groups is 1. The number of hydrogen-bond acceptors (Lipinski definition) is 5. The van der Waals surface area contributed by atoms with E-state index in [-0.39, 0.29) is 5.91 Å². The highest BCUT2D eigenvalue weighted by Crippen LogP contribution is 2.40. The Bertz CT molecular complexity index is 908. The van der Waals surface area contributed by atoms with Crippen molar-refractivity contribution < 1.29 is 4.79 Å². The van der Waals surface area contributed by atoms with E-state index < -0.39 is 0 Å². The normalized spacial score (nSPS) is 16.6. The van der Waals surface area contributed by atoms with Crippen molar-refractivity contribution >= 4 is 44.9 Å². The summed E-state index contributed by atoms with van der Waals surface area (Å²) < 4.78 is 0. The van der Waals surface area contributed by atoms with Crippen LogP contribution in [0.3, 0.4) is 0 Å². The van der Waals surface area contributed by atoms with Gasteiger partial charge in [0.2, 0.25) is 5.91 Å². The summed E-state index contributed by atoms with van der Waals surface area (Å²) in [6.07, 6.45) is 5.06. The number of para-hydroxylation sites is 1. The van der Waals surface area contributed by atoms with Crippen LogP contribution in [0, 0.1) is 5.92 Å². The average Bonchev–Trinajstić information content (AvgIpc) is 2.98. The Kier molecular flexibility index (Phi) is 4.72. The highest BCUT2D eigenvalue weighted by Gasteiger charge is 2.23. The van der Waals surface area contributed by atoms with Crippen molar-refractivity contribution in [3.8, 4) is 0 Å². The van der Waals surface area contributed by atoms with Gasteiger partial charge in [-0.2, -0.15) is 0 Å². The van der Waals surface area contributed by atoms with E-state index in [0.717, 1.165) is 34.3 Å². The molecule has 1 N–H and O–H groups in total. The van der Waals surface area contributed by atoms with Gasteiger partial charge in [-0.15, -0.1) is 11.3 Å². The average molecular weight is 370 g/mol. The van der Waals surface area contributed by atoms with E-state index in [1.165, 1.54) is 34.0 Å². The third-order valence-corrected chi connectivity index (χ3v) is 6.61. The predicted molar refractivity (Wildman–Crippen MR) is 104 cm³/mol. The lowest BCUT2D eigenvalue weighted by atomic mass is 9.89. The van der Waals surface area contributed by atoms with Crippen LogP contribution < -0.4 is 5.32 Å². The molecule has 3 aromatic rings. The van der Waals surface area contributed by atoms with Crippen LogP contribution in [-0.2, 0) is 17.6 Å². The number of anilines is 1. The van der Waals surface area contributed by atoms with Gasteiger partial charge in [-0.05, 0) is 42.9 Å². The summed E-state index contributed by atoms with van der Waals surface area (Å²) in [5.41, 5.74) is 2.23. The lowest BCUT2D eigenvalue weighted by Crippen LogP contribution is -2.14. The number of nitrogens with one attached hydrogen (secondary N) is 1. The third-order valence-electron chi connectivity index (χ3n) is 4.45. The first-order chi connectivity index (χ1) is 12.2. The molecule has 4 rings (SSSR count). The SMILES string of the molecule is C[C@H]1CCc2c(sc3ncnc(SCC(=O)Nc4ccccc4)c23)C1. The monoisotopic (exact) mass is 369 g/mol. The van der Waals surface area contributed by atoms with E-state index in [4.69, 9.17) is 0 Å². The number of thiophene rings is 1. The number of carbonyl (C=O) groups is 1. The lowest BCUT2D eigenvalue weighted by Gasteiger charge is -2.18. The lowest BCUT2D eigenvalue weighted by molar-refractivity contribution is -0.113. The molecule has 0 fully saturated rings. The fraction of sp³-hybridized carbons (Fsp3) is 0.316. The van der Waals surface area contributed by atoms with Crippen molar-refractivity contribution in [3.05, 3.63) is 47.1 Å². The molecule has 0 saturated heterocycles. The van der Waals surface area contributed by atoms with Crippen molar-refractivity contribution in [2.45, 2.75) is 31.2 Å². The number of aromatic nitrogens is 2. The third kappa shape index (κ3) is 3.55. The van der Waals surface area contributed by atoms with E-state index in [0.29, 0.717) is 5.75 Å². The van der Waals surface area contributed by atoms with E-state index >= 15 is 0 Å². The summed E-state index contributed by atoms with van der Waals surface area (Å²) in [7, 11) is 0. The molecule has 0 radical (unpaired) electrons. The van der Waals surface area contributed by atoms with Gasteiger partial charge in [0, 0.05) is 16.0 Å². The van der Waals surface area contributed by atoms with E-state index in [1.807, 2.05) is 30.3 Å². The molecule has 1 amide bonds. The zero-order valence-electron chi connectivity index (χ0n) is 14.0. The Labute approximate surface area is 155 Å². The molecule has 2 heterocycles. The van der Waals surface area contributed by atoms with Gasteiger partial charge < -0.3 is 5.32 Å². The van der Waals surface area contributed by atoms with E-state index in [9.17, 15) is 4.79 Å². The number of fused-ring (bicyclic) bond motifs is 3. The van der Waals surface area contributed by atoms with Crippen molar-refractivity contribution in [3.63, 3.8) is 0 Å². The zero-order chi connectivity index (χ0) is 17.2. The second-order valence-electron chi connectivity index (χ2n) is 6.41. The summed E-state index contributed by atoms with van der Waals surface area (Å²) in [6.45, 7) is 2.31. The summed E-state index contributed by atoms with van der Waals surface area (Å²) in [6, 6.07) is 9.54. The Morgan fingerprint density at radius 3 is 3.00 bits per heavy atom. The topological polar surface area (TPSA) is 54.9 Å². The smallest absolute Gasteiger partial charge is 0.234 e. The minimum Gasteiger partial charge on any atom is -0.325 e. The number of nitrogens with zero attached hydrogens (tertiary/aromatic N) is 2. The van der Waals surface area contributed by atoms with Crippen LogP contribution in [0.15, 0.2) is 41.7 Å². The fourth-order valence-corrected chi connectivity index (χ4v) is 5.45. The maximum Gasteiger partial charge on any atom is 0.234 e. The Morgan fingerprint density at radius 2 is 2.16 bits per heavy atom. The molecule has 1 atom stereocenters. The number of benzene rings is 1. The molecule has 0 bridgehead atoms. The van der Waals surface area contributed by atoms with Gasteiger partial charge in [0.25, 0.3) is 0 Å². The first-order valence-corrected chi connectivity index (χ1v) is 10.2. The quantitative estimate of drug-likeness (QED) is 0.541. The molecule has 0 aliphatic heterocycles. The molecule has 0 spiro atoms. The van der Waals surface area contributed by atoms with Crippen LogP contribution in [0.5, 0.6) is 0 Å². The van der Waals surface area contributed by atoms with Gasteiger partial charge in [-0.3, -0.25) is 4.79 Å². The molecule has 1 aliphatic rings. The number of amides is 1. The summed E-state index contributed by atoms with van der Waals surface area (Å²) in [5, 5.41) is 5.03. The highest BCUT2D eigenvalue weighted by molar-refractivity contribution is 8.00. The number of carbonyl (C=O) groups excluding carboxylic acids is 1. The van der Waals surface area contributed by atoms with Crippen molar-refractivity contribution in [1.82, 2.24) is 9.97 Å². The van der Waals surface area contributed by atoms with Gasteiger partial charge >= 0.3 is 0 Å². The first-order valence-electron chi connectivity index (χ1n) is 8.43. The van der Waals surface area contributed by atoms with Gasteiger partial charge in [0.1, 0.15) is 16.2 Å².